The molecule has 0 unspecified atom stereocenters. The lowest BCUT2D eigenvalue weighted by Crippen LogP contribution is -2.20. The molecule has 2 nitrogen and oxygen atoms in total. The predicted octanol–water partition coefficient (Wildman–Crippen LogP) is 4.00. The first kappa shape index (κ1) is 16.6. The van der Waals surface area contributed by atoms with Gasteiger partial charge in [0.05, 0.1) is 12.2 Å². The molecule has 20 heavy (non-hydrogen) atoms. The van der Waals surface area contributed by atoms with Crippen LogP contribution in [0, 0.1) is 6.92 Å². The molecule has 0 aliphatic carbocycles. The van der Waals surface area contributed by atoms with Crippen molar-refractivity contribution in [2.24, 2.45) is 0 Å². The summed E-state index contributed by atoms with van der Waals surface area (Å²) in [5.74, 6) is 0. The zero-order chi connectivity index (χ0) is 15.4. The molecule has 0 radical (unpaired) electrons. The quantitative estimate of drug-likeness (QED) is 0.655. The molecule has 0 bridgehead atoms. The average molecular weight is 301 g/mol. The van der Waals surface area contributed by atoms with E-state index in [9.17, 15) is 26.3 Å². The van der Waals surface area contributed by atoms with Gasteiger partial charge in [-0.15, -0.1) is 0 Å². The second kappa shape index (κ2) is 6.34. The van der Waals surface area contributed by atoms with Gasteiger partial charge >= 0.3 is 12.4 Å². The van der Waals surface area contributed by atoms with Crippen molar-refractivity contribution in [2.75, 3.05) is 25.1 Å². The number of rotatable bonds is 5. The Labute approximate surface area is 111 Å². The maximum atomic E-state index is 12.5. The van der Waals surface area contributed by atoms with Crippen LogP contribution >= 0.6 is 0 Å². The van der Waals surface area contributed by atoms with E-state index in [0.717, 1.165) is 12.1 Å². The van der Waals surface area contributed by atoms with Crippen molar-refractivity contribution in [3.63, 3.8) is 0 Å². The molecule has 0 atom stereocenters. The summed E-state index contributed by atoms with van der Waals surface area (Å²) in [6.45, 7) is -0.0528. The van der Waals surface area contributed by atoms with Crippen molar-refractivity contribution in [3.8, 4) is 0 Å². The summed E-state index contributed by atoms with van der Waals surface area (Å²) in [6, 6.07) is 3.15. The third-order valence-corrected chi connectivity index (χ3v) is 2.39. The van der Waals surface area contributed by atoms with Crippen LogP contribution in [0.3, 0.4) is 0 Å². The lowest BCUT2D eigenvalue weighted by Gasteiger charge is -2.13. The summed E-state index contributed by atoms with van der Waals surface area (Å²) in [5.41, 5.74) is -0.0361. The van der Waals surface area contributed by atoms with E-state index in [-0.39, 0.29) is 18.8 Å². The maximum absolute atomic E-state index is 12.5. The van der Waals surface area contributed by atoms with E-state index < -0.39 is 24.5 Å². The fraction of sp³-hybridized carbons (Fsp3) is 0.500. The van der Waals surface area contributed by atoms with Crippen LogP contribution in [-0.2, 0) is 10.9 Å². The molecule has 1 N–H and O–H groups in total. The highest BCUT2D eigenvalue weighted by molar-refractivity contribution is 5.53. The van der Waals surface area contributed by atoms with Gasteiger partial charge in [-0.3, -0.25) is 0 Å². The lowest BCUT2D eigenvalue weighted by molar-refractivity contribution is -0.172. The molecule has 1 aromatic rings. The number of benzene rings is 1. The van der Waals surface area contributed by atoms with Gasteiger partial charge in [-0.1, -0.05) is 6.07 Å². The van der Waals surface area contributed by atoms with Gasteiger partial charge in [0.15, 0.2) is 0 Å². The highest BCUT2D eigenvalue weighted by Gasteiger charge is 2.30. The number of hydrogen-bond donors (Lipinski definition) is 1. The van der Waals surface area contributed by atoms with Gasteiger partial charge in [-0.2, -0.15) is 26.3 Å². The standard InChI is InChI=1S/C12H13F6NO/c1-8-2-3-9(12(16,17)18)6-10(8)19-4-5-20-7-11(13,14)15/h2-3,6,19H,4-5,7H2,1H3. The molecule has 1 rings (SSSR count). The summed E-state index contributed by atoms with van der Waals surface area (Å²) < 4.78 is 77.2. The van der Waals surface area contributed by atoms with Crippen LogP contribution in [0.2, 0.25) is 0 Å². The molecule has 0 aliphatic heterocycles. The van der Waals surface area contributed by atoms with Crippen molar-refractivity contribution >= 4 is 5.69 Å². The van der Waals surface area contributed by atoms with E-state index in [2.05, 4.69) is 10.1 Å². The topological polar surface area (TPSA) is 21.3 Å². The molecular formula is C12H13F6NO. The van der Waals surface area contributed by atoms with Crippen molar-refractivity contribution in [1.29, 1.82) is 0 Å². The van der Waals surface area contributed by atoms with Gasteiger partial charge in [-0.05, 0) is 24.6 Å². The Morgan fingerprint density at radius 3 is 2.30 bits per heavy atom. The molecule has 0 amide bonds. The Kier molecular flexibility index (Phi) is 5.27. The number of aryl methyl sites for hydroxylation is 1. The van der Waals surface area contributed by atoms with Crippen LogP contribution in [0.15, 0.2) is 18.2 Å². The minimum Gasteiger partial charge on any atom is -0.383 e. The lowest BCUT2D eigenvalue weighted by atomic mass is 10.1. The molecule has 0 aromatic heterocycles. The molecule has 8 heteroatoms. The Balaban J connectivity index is 2.52. The Morgan fingerprint density at radius 1 is 1.10 bits per heavy atom. The number of halogens is 6. The fourth-order valence-electron chi connectivity index (χ4n) is 1.43. The van der Waals surface area contributed by atoms with Crippen LogP contribution in [-0.4, -0.2) is 25.9 Å². The van der Waals surface area contributed by atoms with Crippen LogP contribution in [0.25, 0.3) is 0 Å². The summed E-state index contributed by atoms with van der Waals surface area (Å²) in [5, 5.41) is 2.62. The largest absolute Gasteiger partial charge is 0.416 e. The van der Waals surface area contributed by atoms with Crippen LogP contribution in [0.4, 0.5) is 32.0 Å². The van der Waals surface area contributed by atoms with Crippen LogP contribution in [0.5, 0.6) is 0 Å². The Bertz CT molecular complexity index is 441. The average Bonchev–Trinajstić information content (AvgIpc) is 2.28. The highest BCUT2D eigenvalue weighted by Crippen LogP contribution is 2.31. The molecule has 1 aromatic carbocycles. The van der Waals surface area contributed by atoms with E-state index in [1.54, 1.807) is 6.92 Å². The summed E-state index contributed by atoms with van der Waals surface area (Å²) in [6.07, 6.45) is -8.87. The number of anilines is 1. The molecular weight excluding hydrogens is 288 g/mol. The molecule has 0 heterocycles. The summed E-state index contributed by atoms with van der Waals surface area (Å²) >= 11 is 0. The smallest absolute Gasteiger partial charge is 0.383 e. The summed E-state index contributed by atoms with van der Waals surface area (Å²) in [7, 11) is 0. The second-order valence-corrected chi connectivity index (χ2v) is 4.12. The molecule has 0 saturated carbocycles. The molecule has 0 saturated heterocycles. The normalized spacial score (nSPS) is 12.6. The minimum atomic E-state index is -4.46. The molecule has 0 fully saturated rings. The van der Waals surface area contributed by atoms with Gasteiger partial charge in [0.1, 0.15) is 6.61 Å². The van der Waals surface area contributed by atoms with Gasteiger partial charge in [-0.25, -0.2) is 0 Å². The number of alkyl halides is 6. The minimum absolute atomic E-state index is 0.0156. The zero-order valence-electron chi connectivity index (χ0n) is 10.5. The summed E-state index contributed by atoms with van der Waals surface area (Å²) in [4.78, 5) is 0. The first-order valence-corrected chi connectivity index (χ1v) is 5.66. The number of ether oxygens (including phenoxy) is 1. The number of nitrogens with one attached hydrogen (secondary N) is 1. The van der Waals surface area contributed by atoms with Gasteiger partial charge in [0.2, 0.25) is 0 Å². The van der Waals surface area contributed by atoms with E-state index >= 15 is 0 Å². The van der Waals surface area contributed by atoms with Crippen molar-refractivity contribution < 1.29 is 31.1 Å². The third-order valence-electron chi connectivity index (χ3n) is 2.39. The molecule has 0 spiro atoms. The van der Waals surface area contributed by atoms with Crippen LogP contribution in [0.1, 0.15) is 11.1 Å². The van der Waals surface area contributed by atoms with Gasteiger partial charge in [0.25, 0.3) is 0 Å². The van der Waals surface area contributed by atoms with E-state index in [1.807, 2.05) is 0 Å². The maximum Gasteiger partial charge on any atom is 0.416 e. The van der Waals surface area contributed by atoms with Crippen LogP contribution < -0.4 is 5.32 Å². The van der Waals surface area contributed by atoms with E-state index in [1.165, 1.54) is 6.07 Å². The SMILES string of the molecule is Cc1ccc(C(F)(F)F)cc1NCCOCC(F)(F)F. The molecule has 0 aliphatic rings. The van der Waals surface area contributed by atoms with E-state index in [0.29, 0.717) is 5.56 Å². The monoisotopic (exact) mass is 301 g/mol. The van der Waals surface area contributed by atoms with Crippen molar-refractivity contribution in [2.45, 2.75) is 19.3 Å². The Morgan fingerprint density at radius 2 is 1.75 bits per heavy atom. The van der Waals surface area contributed by atoms with Crippen molar-refractivity contribution in [1.82, 2.24) is 0 Å². The second-order valence-electron chi connectivity index (χ2n) is 4.12. The zero-order valence-corrected chi connectivity index (χ0v) is 10.5. The molecule has 114 valence electrons. The predicted molar refractivity (Wildman–Crippen MR) is 61.5 cm³/mol. The number of hydrogen-bond acceptors (Lipinski definition) is 2. The fourth-order valence-corrected chi connectivity index (χ4v) is 1.43. The first-order chi connectivity index (χ1) is 9.09. The van der Waals surface area contributed by atoms with Gasteiger partial charge in [0, 0.05) is 12.2 Å². The highest BCUT2D eigenvalue weighted by atomic mass is 19.4. The first-order valence-electron chi connectivity index (χ1n) is 5.66. The van der Waals surface area contributed by atoms with Crippen molar-refractivity contribution in [3.05, 3.63) is 29.3 Å². The third kappa shape index (κ3) is 5.68. The van der Waals surface area contributed by atoms with E-state index in [4.69, 9.17) is 0 Å². The Hall–Kier alpha value is -1.44. The van der Waals surface area contributed by atoms with Gasteiger partial charge < -0.3 is 10.1 Å².